The van der Waals surface area contributed by atoms with E-state index in [0.717, 1.165) is 12.1 Å². The van der Waals surface area contributed by atoms with Crippen LogP contribution in [-0.4, -0.2) is 21.6 Å². The molecule has 78 valence electrons. The number of aromatic nitrogens is 3. The quantitative estimate of drug-likeness (QED) is 0.847. The lowest BCUT2D eigenvalue weighted by Gasteiger charge is -2.12. The van der Waals surface area contributed by atoms with Gasteiger partial charge >= 0.3 is 0 Å². The molecular formula is C10H12N4S. The fraction of sp³-hybridized carbons (Fsp3) is 0.300. The van der Waals surface area contributed by atoms with E-state index < -0.39 is 0 Å². The minimum atomic E-state index is 0.228. The van der Waals surface area contributed by atoms with E-state index >= 15 is 0 Å². The minimum absolute atomic E-state index is 0.228. The van der Waals surface area contributed by atoms with E-state index in [-0.39, 0.29) is 6.04 Å². The van der Waals surface area contributed by atoms with E-state index in [1.165, 1.54) is 17.1 Å². The number of hydrogen-bond donors (Lipinski definition) is 1. The van der Waals surface area contributed by atoms with Gasteiger partial charge in [0, 0.05) is 17.8 Å². The average molecular weight is 220 g/mol. The fourth-order valence-electron chi connectivity index (χ4n) is 1.43. The topological polar surface area (TPSA) is 50.7 Å². The van der Waals surface area contributed by atoms with Crippen LogP contribution in [0.15, 0.2) is 29.9 Å². The largest absolute Gasteiger partial charge is 0.311 e. The van der Waals surface area contributed by atoms with E-state index in [4.69, 9.17) is 0 Å². The Morgan fingerprint density at radius 1 is 1.40 bits per heavy atom. The smallest absolute Gasteiger partial charge is 0.0928 e. The molecule has 0 saturated heterocycles. The molecule has 2 aromatic rings. The molecule has 0 radical (unpaired) electrons. The zero-order valence-corrected chi connectivity index (χ0v) is 9.24. The predicted molar refractivity (Wildman–Crippen MR) is 59.7 cm³/mol. The average Bonchev–Trinajstić information content (AvgIpc) is 2.81. The lowest BCUT2D eigenvalue weighted by molar-refractivity contribution is 0.574. The summed E-state index contributed by atoms with van der Waals surface area (Å²) >= 11 is 1.38. The van der Waals surface area contributed by atoms with Crippen LogP contribution < -0.4 is 5.32 Å². The molecule has 5 heteroatoms. The first-order valence-electron chi connectivity index (χ1n) is 4.73. The summed E-state index contributed by atoms with van der Waals surface area (Å²) in [5.41, 5.74) is 2.25. The van der Waals surface area contributed by atoms with E-state index in [1.807, 2.05) is 24.6 Å². The molecule has 1 unspecified atom stereocenters. The number of likely N-dealkylation sites (N-methyl/N-ethyl adjacent to an activating group) is 1. The zero-order valence-electron chi connectivity index (χ0n) is 8.42. The van der Waals surface area contributed by atoms with Gasteiger partial charge in [-0.1, -0.05) is 4.49 Å². The fourth-order valence-corrected chi connectivity index (χ4v) is 1.94. The van der Waals surface area contributed by atoms with Gasteiger partial charge in [0.25, 0.3) is 0 Å². The molecule has 1 atom stereocenters. The summed E-state index contributed by atoms with van der Waals surface area (Å²) in [5, 5.41) is 9.29. The zero-order chi connectivity index (χ0) is 10.5. The van der Waals surface area contributed by atoms with Crippen LogP contribution in [0.25, 0.3) is 0 Å². The maximum absolute atomic E-state index is 4.07. The van der Waals surface area contributed by atoms with Gasteiger partial charge in [-0.3, -0.25) is 4.98 Å². The maximum atomic E-state index is 4.07. The molecule has 0 spiro atoms. The van der Waals surface area contributed by atoms with Crippen molar-refractivity contribution < 1.29 is 0 Å². The van der Waals surface area contributed by atoms with Gasteiger partial charge in [0.1, 0.15) is 0 Å². The van der Waals surface area contributed by atoms with Gasteiger partial charge in [-0.15, -0.1) is 5.10 Å². The number of hydrogen-bond acceptors (Lipinski definition) is 5. The molecule has 0 saturated carbocycles. The monoisotopic (exact) mass is 220 g/mol. The normalized spacial score (nSPS) is 12.6. The molecule has 2 heterocycles. The lowest BCUT2D eigenvalue weighted by atomic mass is 10.1. The first kappa shape index (κ1) is 10.2. The predicted octanol–water partition coefficient (Wildman–Crippen LogP) is 1.44. The Bertz CT molecular complexity index is 387. The molecule has 0 aliphatic carbocycles. The first-order chi connectivity index (χ1) is 7.40. The van der Waals surface area contributed by atoms with E-state index in [0.29, 0.717) is 0 Å². The SMILES string of the molecule is CNC(Cc1ccncc1)c1csnn1. The van der Waals surface area contributed by atoms with Gasteiger partial charge < -0.3 is 5.32 Å². The van der Waals surface area contributed by atoms with E-state index in [2.05, 4.69) is 19.9 Å². The molecule has 0 amide bonds. The van der Waals surface area contributed by atoms with Crippen molar-refractivity contribution in [3.8, 4) is 0 Å². The summed E-state index contributed by atoms with van der Waals surface area (Å²) in [6.07, 6.45) is 4.52. The van der Waals surface area contributed by atoms with Crippen LogP contribution in [-0.2, 0) is 6.42 Å². The summed E-state index contributed by atoms with van der Waals surface area (Å²) in [7, 11) is 1.94. The van der Waals surface area contributed by atoms with Crippen molar-refractivity contribution in [3.63, 3.8) is 0 Å². The van der Waals surface area contributed by atoms with Crippen LogP contribution >= 0.6 is 11.5 Å². The highest BCUT2D eigenvalue weighted by Crippen LogP contribution is 2.16. The molecule has 0 aromatic carbocycles. The highest BCUT2D eigenvalue weighted by Gasteiger charge is 2.12. The highest BCUT2D eigenvalue weighted by atomic mass is 32.1. The molecule has 15 heavy (non-hydrogen) atoms. The third-order valence-corrected chi connectivity index (χ3v) is 2.79. The lowest BCUT2D eigenvalue weighted by Crippen LogP contribution is -2.19. The summed E-state index contributed by atoms with van der Waals surface area (Å²) in [6, 6.07) is 4.26. The molecule has 1 N–H and O–H groups in total. The number of pyridine rings is 1. The molecule has 4 nitrogen and oxygen atoms in total. The van der Waals surface area contributed by atoms with Crippen LogP contribution in [0, 0.1) is 0 Å². The summed E-state index contributed by atoms with van der Waals surface area (Å²) in [5.74, 6) is 0. The van der Waals surface area contributed by atoms with Crippen LogP contribution in [0.4, 0.5) is 0 Å². The second-order valence-electron chi connectivity index (χ2n) is 3.23. The third kappa shape index (κ3) is 2.57. The van der Waals surface area contributed by atoms with Crippen LogP contribution in [0.3, 0.4) is 0 Å². The van der Waals surface area contributed by atoms with Gasteiger partial charge in [0.15, 0.2) is 0 Å². The third-order valence-electron chi connectivity index (χ3n) is 2.27. The van der Waals surface area contributed by atoms with Crippen molar-refractivity contribution in [1.29, 1.82) is 0 Å². The van der Waals surface area contributed by atoms with Crippen LogP contribution in [0.2, 0.25) is 0 Å². The van der Waals surface area contributed by atoms with Gasteiger partial charge in [0.05, 0.1) is 11.7 Å². The Morgan fingerprint density at radius 2 is 2.20 bits per heavy atom. The van der Waals surface area contributed by atoms with Crippen LogP contribution in [0.5, 0.6) is 0 Å². The number of nitrogens with one attached hydrogen (secondary N) is 1. The van der Waals surface area contributed by atoms with Gasteiger partial charge in [0.2, 0.25) is 0 Å². The van der Waals surface area contributed by atoms with Crippen molar-refractivity contribution in [2.75, 3.05) is 7.05 Å². The Kier molecular flexibility index (Phi) is 3.37. The molecule has 0 fully saturated rings. The Hall–Kier alpha value is -1.33. The van der Waals surface area contributed by atoms with Gasteiger partial charge in [-0.05, 0) is 42.7 Å². The summed E-state index contributed by atoms with van der Waals surface area (Å²) in [6.45, 7) is 0. The number of nitrogens with zero attached hydrogens (tertiary/aromatic N) is 3. The van der Waals surface area contributed by atoms with Crippen molar-refractivity contribution in [3.05, 3.63) is 41.2 Å². The molecule has 0 aliphatic rings. The molecule has 0 aliphatic heterocycles. The Labute approximate surface area is 92.5 Å². The van der Waals surface area contributed by atoms with Crippen LogP contribution in [0.1, 0.15) is 17.3 Å². The number of rotatable bonds is 4. The Balaban J connectivity index is 2.10. The second kappa shape index (κ2) is 4.95. The standard InChI is InChI=1S/C10H12N4S/c1-11-9(10-7-15-14-13-10)6-8-2-4-12-5-3-8/h2-5,7,9,11H,6H2,1H3. The molecule has 2 aromatic heterocycles. The van der Waals surface area contributed by atoms with Crippen molar-refractivity contribution in [2.24, 2.45) is 0 Å². The Morgan fingerprint density at radius 3 is 2.80 bits per heavy atom. The first-order valence-corrected chi connectivity index (χ1v) is 5.57. The van der Waals surface area contributed by atoms with Crippen molar-refractivity contribution in [2.45, 2.75) is 12.5 Å². The van der Waals surface area contributed by atoms with E-state index in [1.54, 1.807) is 12.4 Å². The van der Waals surface area contributed by atoms with E-state index in [9.17, 15) is 0 Å². The summed E-state index contributed by atoms with van der Waals surface area (Å²) < 4.78 is 3.87. The second-order valence-corrected chi connectivity index (χ2v) is 3.84. The van der Waals surface area contributed by atoms with Crippen molar-refractivity contribution >= 4 is 11.5 Å². The summed E-state index contributed by atoms with van der Waals surface area (Å²) in [4.78, 5) is 3.99. The maximum Gasteiger partial charge on any atom is 0.0928 e. The van der Waals surface area contributed by atoms with Gasteiger partial charge in [-0.25, -0.2) is 0 Å². The highest BCUT2D eigenvalue weighted by molar-refractivity contribution is 7.03. The molecular weight excluding hydrogens is 208 g/mol. The van der Waals surface area contributed by atoms with Gasteiger partial charge in [-0.2, -0.15) is 0 Å². The minimum Gasteiger partial charge on any atom is -0.311 e. The van der Waals surface area contributed by atoms with Crippen molar-refractivity contribution in [1.82, 2.24) is 19.9 Å². The molecule has 2 rings (SSSR count). The molecule has 0 bridgehead atoms.